The van der Waals surface area contributed by atoms with E-state index in [1.807, 2.05) is 12.1 Å². The van der Waals surface area contributed by atoms with Gasteiger partial charge in [-0.3, -0.25) is 0 Å². The Kier molecular flexibility index (Phi) is 3.01. The Bertz CT molecular complexity index is 348. The second-order valence-electron chi connectivity index (χ2n) is 4.70. The maximum Gasteiger partial charge on any atom is 0.137 e. The maximum atomic E-state index is 5.12. The molecule has 1 N–H and O–H groups in total. The molecule has 4 nitrogen and oxygen atoms in total. The molecule has 0 atom stereocenters. The number of methoxy groups -OCH3 is 1. The minimum Gasteiger partial charge on any atom is -0.495 e. The second kappa shape index (κ2) is 4.29. The molecule has 4 heteroatoms. The zero-order valence-corrected chi connectivity index (χ0v) is 10.2. The lowest BCUT2D eigenvalue weighted by Gasteiger charge is -2.43. The Labute approximate surface area is 96.6 Å². The van der Waals surface area contributed by atoms with E-state index in [0.29, 0.717) is 0 Å². The fraction of sp³-hybridized carbons (Fsp3) is 0.583. The van der Waals surface area contributed by atoms with E-state index in [1.165, 1.54) is 0 Å². The number of pyridine rings is 1. The number of hydrogen-bond acceptors (Lipinski definition) is 4. The number of aromatic nitrogens is 1. The summed E-state index contributed by atoms with van der Waals surface area (Å²) in [5.74, 6) is 1.82. The van der Waals surface area contributed by atoms with Crippen molar-refractivity contribution < 1.29 is 4.74 Å². The summed E-state index contributed by atoms with van der Waals surface area (Å²) in [6.07, 6.45) is 1.77. The number of nitrogens with one attached hydrogen (secondary N) is 1. The summed E-state index contributed by atoms with van der Waals surface area (Å²) in [5.41, 5.74) is 0.111. The topological polar surface area (TPSA) is 37.4 Å². The van der Waals surface area contributed by atoms with Crippen molar-refractivity contribution in [3.63, 3.8) is 0 Å². The van der Waals surface area contributed by atoms with Gasteiger partial charge < -0.3 is 15.0 Å². The Balaban J connectivity index is 2.21. The van der Waals surface area contributed by atoms with E-state index >= 15 is 0 Å². The number of nitrogens with zero attached hydrogens (tertiary/aromatic N) is 2. The second-order valence-corrected chi connectivity index (χ2v) is 4.70. The minimum absolute atomic E-state index is 0.111. The molecule has 1 aromatic rings. The van der Waals surface area contributed by atoms with Crippen LogP contribution < -0.4 is 15.0 Å². The van der Waals surface area contributed by atoms with Gasteiger partial charge in [-0.15, -0.1) is 0 Å². The van der Waals surface area contributed by atoms with Gasteiger partial charge in [0.15, 0.2) is 0 Å². The van der Waals surface area contributed by atoms with Crippen LogP contribution in [0.2, 0.25) is 0 Å². The van der Waals surface area contributed by atoms with Crippen LogP contribution in [-0.4, -0.2) is 37.3 Å². The van der Waals surface area contributed by atoms with Gasteiger partial charge >= 0.3 is 0 Å². The zero-order chi connectivity index (χ0) is 11.6. The van der Waals surface area contributed by atoms with E-state index in [1.54, 1.807) is 13.3 Å². The van der Waals surface area contributed by atoms with Crippen LogP contribution in [-0.2, 0) is 0 Å². The molecule has 0 aliphatic carbocycles. The summed E-state index contributed by atoms with van der Waals surface area (Å²) in [7, 11) is 1.66. The molecule has 0 bridgehead atoms. The number of rotatable bonds is 2. The number of ether oxygens (including phenoxy) is 1. The van der Waals surface area contributed by atoms with Crippen molar-refractivity contribution in [2.24, 2.45) is 0 Å². The lowest BCUT2D eigenvalue weighted by molar-refractivity contribution is 0.376. The van der Waals surface area contributed by atoms with Gasteiger partial charge in [-0.2, -0.15) is 0 Å². The molecule has 16 heavy (non-hydrogen) atoms. The number of anilines is 1. The third kappa shape index (κ3) is 2.11. The van der Waals surface area contributed by atoms with E-state index < -0.39 is 0 Å². The molecule has 0 amide bonds. The van der Waals surface area contributed by atoms with Gasteiger partial charge in [0.1, 0.15) is 11.6 Å². The average Bonchev–Trinajstić information content (AvgIpc) is 2.29. The summed E-state index contributed by atoms with van der Waals surface area (Å²) >= 11 is 0. The molecular weight excluding hydrogens is 202 g/mol. The first kappa shape index (κ1) is 11.2. The van der Waals surface area contributed by atoms with Crippen molar-refractivity contribution in [2.45, 2.75) is 19.4 Å². The molecule has 1 aromatic heterocycles. The zero-order valence-electron chi connectivity index (χ0n) is 10.2. The first-order valence-corrected chi connectivity index (χ1v) is 5.62. The summed E-state index contributed by atoms with van der Waals surface area (Å²) in [6, 6.07) is 3.98. The molecule has 88 valence electrons. The highest BCUT2D eigenvalue weighted by atomic mass is 16.5. The van der Waals surface area contributed by atoms with Crippen molar-refractivity contribution in [1.82, 2.24) is 10.3 Å². The van der Waals surface area contributed by atoms with Crippen LogP contribution in [0.15, 0.2) is 18.3 Å². The molecule has 0 radical (unpaired) electrons. The van der Waals surface area contributed by atoms with E-state index in [2.05, 4.69) is 29.0 Å². The van der Waals surface area contributed by atoms with Crippen molar-refractivity contribution >= 4 is 5.82 Å². The third-order valence-corrected chi connectivity index (χ3v) is 3.03. The van der Waals surface area contributed by atoms with Crippen molar-refractivity contribution in [1.29, 1.82) is 0 Å². The standard InChI is InChI=1S/C12H19N3O/c1-12(2)9-13-6-7-15(12)11-5-4-10(16-3)8-14-11/h4-5,8,13H,6-7,9H2,1-3H3. The Hall–Kier alpha value is -1.29. The molecule has 0 saturated carbocycles. The smallest absolute Gasteiger partial charge is 0.137 e. The van der Waals surface area contributed by atoms with Gasteiger partial charge in [-0.25, -0.2) is 4.98 Å². The van der Waals surface area contributed by atoms with E-state index in [-0.39, 0.29) is 5.54 Å². The predicted octanol–water partition coefficient (Wildman–Crippen LogP) is 1.28. The highest BCUT2D eigenvalue weighted by Gasteiger charge is 2.30. The monoisotopic (exact) mass is 221 g/mol. The van der Waals surface area contributed by atoms with Gasteiger partial charge in [-0.05, 0) is 26.0 Å². The quantitative estimate of drug-likeness (QED) is 0.816. The van der Waals surface area contributed by atoms with Gasteiger partial charge in [0.25, 0.3) is 0 Å². The summed E-state index contributed by atoms with van der Waals surface area (Å²) in [6.45, 7) is 7.44. The molecule has 2 heterocycles. The maximum absolute atomic E-state index is 5.12. The molecule has 0 aromatic carbocycles. The van der Waals surface area contributed by atoms with Crippen LogP contribution in [0, 0.1) is 0 Å². The van der Waals surface area contributed by atoms with Gasteiger partial charge in [0, 0.05) is 25.2 Å². The van der Waals surface area contributed by atoms with Gasteiger partial charge in [0.2, 0.25) is 0 Å². The van der Waals surface area contributed by atoms with Crippen LogP contribution in [0.5, 0.6) is 5.75 Å². The molecule has 2 rings (SSSR count). The third-order valence-electron chi connectivity index (χ3n) is 3.03. The van der Waals surface area contributed by atoms with Crippen LogP contribution in [0.1, 0.15) is 13.8 Å². The summed E-state index contributed by atoms with van der Waals surface area (Å²) < 4.78 is 5.12. The molecule has 1 fully saturated rings. The number of hydrogen-bond donors (Lipinski definition) is 1. The molecule has 1 saturated heterocycles. The molecule has 0 unspecified atom stereocenters. The normalized spacial score (nSPS) is 19.6. The first-order chi connectivity index (χ1) is 7.63. The fourth-order valence-corrected chi connectivity index (χ4v) is 2.06. The van der Waals surface area contributed by atoms with Crippen molar-refractivity contribution in [3.8, 4) is 5.75 Å². The largest absolute Gasteiger partial charge is 0.495 e. The average molecular weight is 221 g/mol. The summed E-state index contributed by atoms with van der Waals surface area (Å²) in [5, 5.41) is 3.40. The van der Waals surface area contributed by atoms with Crippen LogP contribution in [0.4, 0.5) is 5.82 Å². The highest BCUT2D eigenvalue weighted by Crippen LogP contribution is 2.24. The number of piperazine rings is 1. The van der Waals surface area contributed by atoms with Gasteiger partial charge in [0.05, 0.1) is 13.3 Å². The fourth-order valence-electron chi connectivity index (χ4n) is 2.06. The SMILES string of the molecule is COc1ccc(N2CCNCC2(C)C)nc1. The predicted molar refractivity (Wildman–Crippen MR) is 65.1 cm³/mol. The molecule has 1 aliphatic rings. The Morgan fingerprint density at radius 2 is 2.25 bits per heavy atom. The Morgan fingerprint density at radius 1 is 1.44 bits per heavy atom. The van der Waals surface area contributed by atoms with Crippen LogP contribution in [0.25, 0.3) is 0 Å². The molecular formula is C12H19N3O. The van der Waals surface area contributed by atoms with Crippen molar-refractivity contribution in [3.05, 3.63) is 18.3 Å². The lowest BCUT2D eigenvalue weighted by Crippen LogP contribution is -2.58. The van der Waals surface area contributed by atoms with E-state index in [4.69, 9.17) is 4.74 Å². The minimum atomic E-state index is 0.111. The molecule has 1 aliphatic heterocycles. The van der Waals surface area contributed by atoms with Crippen molar-refractivity contribution in [2.75, 3.05) is 31.6 Å². The first-order valence-electron chi connectivity index (χ1n) is 5.62. The van der Waals surface area contributed by atoms with Gasteiger partial charge in [-0.1, -0.05) is 0 Å². The van der Waals surface area contributed by atoms with Crippen LogP contribution in [0.3, 0.4) is 0 Å². The molecule has 0 spiro atoms. The highest BCUT2D eigenvalue weighted by molar-refractivity contribution is 5.44. The Morgan fingerprint density at radius 3 is 2.81 bits per heavy atom. The summed E-state index contributed by atoms with van der Waals surface area (Å²) in [4.78, 5) is 6.78. The lowest BCUT2D eigenvalue weighted by atomic mass is 10.0. The van der Waals surface area contributed by atoms with E-state index in [9.17, 15) is 0 Å². The van der Waals surface area contributed by atoms with E-state index in [0.717, 1.165) is 31.2 Å². The van der Waals surface area contributed by atoms with Crippen LogP contribution >= 0.6 is 0 Å².